The van der Waals surface area contributed by atoms with Crippen LogP contribution in [-0.4, -0.2) is 20.9 Å². The molecule has 0 bridgehead atoms. The molecule has 122 valence electrons. The zero-order valence-corrected chi connectivity index (χ0v) is 13.6. The van der Waals surface area contributed by atoms with Gasteiger partial charge in [-0.2, -0.15) is 5.10 Å². The zero-order chi connectivity index (χ0) is 16.9. The molecule has 1 heterocycles. The smallest absolute Gasteiger partial charge is 0.303 e. The quantitative estimate of drug-likeness (QED) is 0.749. The van der Waals surface area contributed by atoms with Gasteiger partial charge in [0.1, 0.15) is 0 Å². The Balaban J connectivity index is 1.76. The van der Waals surface area contributed by atoms with E-state index in [0.29, 0.717) is 6.42 Å². The van der Waals surface area contributed by atoms with Gasteiger partial charge >= 0.3 is 5.97 Å². The monoisotopic (exact) mass is 320 g/mol. The molecule has 0 spiro atoms. The summed E-state index contributed by atoms with van der Waals surface area (Å²) in [5, 5.41) is 13.2. The van der Waals surface area contributed by atoms with Crippen molar-refractivity contribution >= 4 is 5.97 Å². The molecular weight excluding hydrogens is 300 g/mol. The minimum atomic E-state index is -0.765. The van der Waals surface area contributed by atoms with Gasteiger partial charge in [0.25, 0.3) is 0 Å². The second kappa shape index (κ2) is 7.13. The lowest BCUT2D eigenvalue weighted by Gasteiger charge is -2.06. The summed E-state index contributed by atoms with van der Waals surface area (Å²) < 4.78 is 1.93. The van der Waals surface area contributed by atoms with Crippen LogP contribution in [0.15, 0.2) is 60.9 Å². The minimum absolute atomic E-state index is 0.161. The molecule has 24 heavy (non-hydrogen) atoms. The first-order valence-corrected chi connectivity index (χ1v) is 8.00. The number of hydrogen-bond acceptors (Lipinski definition) is 2. The maximum atomic E-state index is 10.7. The molecule has 3 aromatic rings. The number of aliphatic carboxylic acids is 1. The van der Waals surface area contributed by atoms with Gasteiger partial charge in [0.2, 0.25) is 0 Å². The fraction of sp³-hybridized carbons (Fsp3) is 0.200. The normalized spacial score (nSPS) is 10.7. The summed E-state index contributed by atoms with van der Waals surface area (Å²) in [6, 6.07) is 16.4. The van der Waals surface area contributed by atoms with Crippen LogP contribution in [0, 0.1) is 6.92 Å². The van der Waals surface area contributed by atoms with Crippen LogP contribution in [0.4, 0.5) is 0 Å². The van der Waals surface area contributed by atoms with Gasteiger partial charge in [0.05, 0.1) is 12.7 Å². The molecule has 0 aliphatic heterocycles. The molecule has 0 aliphatic carbocycles. The number of carboxylic acid groups (broad SMARTS) is 1. The fourth-order valence-corrected chi connectivity index (χ4v) is 2.82. The van der Waals surface area contributed by atoms with Crippen molar-refractivity contribution in [1.82, 2.24) is 9.78 Å². The summed E-state index contributed by atoms with van der Waals surface area (Å²) in [4.78, 5) is 10.7. The number of carboxylic acids is 1. The third-order valence-corrected chi connectivity index (χ3v) is 4.05. The van der Waals surface area contributed by atoms with E-state index in [-0.39, 0.29) is 6.42 Å². The number of nitrogens with zero attached hydrogens (tertiary/aromatic N) is 2. The lowest BCUT2D eigenvalue weighted by atomic mass is 9.99. The third kappa shape index (κ3) is 3.90. The molecule has 1 aromatic heterocycles. The first kappa shape index (κ1) is 16.0. The molecule has 0 fully saturated rings. The molecular formula is C20H20N2O2. The van der Waals surface area contributed by atoms with Crippen LogP contribution >= 0.6 is 0 Å². The van der Waals surface area contributed by atoms with Crippen molar-refractivity contribution < 1.29 is 9.90 Å². The third-order valence-electron chi connectivity index (χ3n) is 4.05. The van der Waals surface area contributed by atoms with Gasteiger partial charge in [-0.25, -0.2) is 0 Å². The molecule has 3 rings (SSSR count). The molecule has 0 radical (unpaired) electrons. The van der Waals surface area contributed by atoms with Crippen LogP contribution in [-0.2, 0) is 17.8 Å². The van der Waals surface area contributed by atoms with E-state index >= 15 is 0 Å². The van der Waals surface area contributed by atoms with Crippen LogP contribution in [0.25, 0.3) is 11.1 Å². The molecule has 4 heteroatoms. The molecule has 0 saturated carbocycles. The average Bonchev–Trinajstić information content (AvgIpc) is 3.02. The first-order chi connectivity index (χ1) is 11.6. The number of hydrogen-bond donors (Lipinski definition) is 1. The number of aromatic nitrogens is 2. The number of aryl methyl sites for hydroxylation is 2. The second-order valence-electron chi connectivity index (χ2n) is 5.96. The Hall–Kier alpha value is -2.88. The molecule has 0 atom stereocenters. The van der Waals surface area contributed by atoms with Gasteiger partial charge in [0, 0.05) is 18.2 Å². The van der Waals surface area contributed by atoms with Crippen molar-refractivity contribution in [3.05, 3.63) is 77.6 Å². The lowest BCUT2D eigenvalue weighted by Crippen LogP contribution is -1.99. The van der Waals surface area contributed by atoms with Gasteiger partial charge in [0.15, 0.2) is 0 Å². The summed E-state index contributed by atoms with van der Waals surface area (Å²) in [6.07, 6.45) is 4.64. The Morgan fingerprint density at radius 2 is 1.92 bits per heavy atom. The lowest BCUT2D eigenvalue weighted by molar-refractivity contribution is -0.136. The summed E-state index contributed by atoms with van der Waals surface area (Å²) in [5.74, 6) is -0.765. The van der Waals surface area contributed by atoms with Crippen LogP contribution in [0.3, 0.4) is 0 Å². The highest BCUT2D eigenvalue weighted by molar-refractivity contribution is 5.68. The van der Waals surface area contributed by atoms with E-state index in [1.165, 1.54) is 5.56 Å². The van der Waals surface area contributed by atoms with Crippen LogP contribution < -0.4 is 0 Å². The summed E-state index contributed by atoms with van der Waals surface area (Å²) in [6.45, 7) is 2.80. The van der Waals surface area contributed by atoms with E-state index < -0.39 is 5.97 Å². The van der Waals surface area contributed by atoms with Gasteiger partial charge in [-0.1, -0.05) is 48.5 Å². The van der Waals surface area contributed by atoms with Gasteiger partial charge in [-0.05, 0) is 35.6 Å². The molecule has 1 N–H and O–H groups in total. The number of rotatable bonds is 6. The van der Waals surface area contributed by atoms with Crippen molar-refractivity contribution in [2.45, 2.75) is 26.3 Å². The first-order valence-electron chi connectivity index (χ1n) is 8.00. The number of carbonyl (C=O) groups is 1. The Morgan fingerprint density at radius 1 is 1.12 bits per heavy atom. The minimum Gasteiger partial charge on any atom is -0.481 e. The van der Waals surface area contributed by atoms with E-state index in [1.807, 2.05) is 48.3 Å². The van der Waals surface area contributed by atoms with Crippen LogP contribution in [0.1, 0.15) is 23.1 Å². The molecule has 0 saturated heterocycles. The fourth-order valence-electron chi connectivity index (χ4n) is 2.82. The number of benzene rings is 2. The van der Waals surface area contributed by atoms with Crippen molar-refractivity contribution in [2.24, 2.45) is 0 Å². The summed E-state index contributed by atoms with van der Waals surface area (Å²) >= 11 is 0. The largest absolute Gasteiger partial charge is 0.481 e. The van der Waals surface area contributed by atoms with Crippen molar-refractivity contribution in [1.29, 1.82) is 0 Å². The predicted molar refractivity (Wildman–Crippen MR) is 93.9 cm³/mol. The van der Waals surface area contributed by atoms with Gasteiger partial charge in [-0.3, -0.25) is 9.48 Å². The highest BCUT2D eigenvalue weighted by Crippen LogP contribution is 2.24. The SMILES string of the molecule is Cc1cc(CCC(=O)O)ccc1-c1cnn(Cc2ccccc2)c1. The molecule has 0 unspecified atom stereocenters. The second-order valence-corrected chi connectivity index (χ2v) is 5.96. The van der Waals surface area contributed by atoms with Crippen LogP contribution in [0.2, 0.25) is 0 Å². The predicted octanol–water partition coefficient (Wildman–Crippen LogP) is 3.92. The standard InChI is InChI=1S/C20H20N2O2/c1-15-11-16(8-10-20(23)24)7-9-19(15)18-12-21-22(14-18)13-17-5-3-2-4-6-17/h2-7,9,11-12,14H,8,10,13H2,1H3,(H,23,24). The maximum absolute atomic E-state index is 10.7. The highest BCUT2D eigenvalue weighted by atomic mass is 16.4. The molecule has 4 nitrogen and oxygen atoms in total. The Labute approximate surface area is 141 Å². The Kier molecular flexibility index (Phi) is 4.75. The summed E-state index contributed by atoms with van der Waals surface area (Å²) in [5.41, 5.74) is 5.61. The van der Waals surface area contributed by atoms with Crippen molar-refractivity contribution in [3.63, 3.8) is 0 Å². The van der Waals surface area contributed by atoms with Crippen LogP contribution in [0.5, 0.6) is 0 Å². The van der Waals surface area contributed by atoms with Gasteiger partial charge < -0.3 is 5.11 Å². The van der Waals surface area contributed by atoms with Gasteiger partial charge in [-0.15, -0.1) is 0 Å². The molecule has 0 aliphatic rings. The zero-order valence-electron chi connectivity index (χ0n) is 13.6. The summed E-state index contributed by atoms with van der Waals surface area (Å²) in [7, 11) is 0. The van der Waals surface area contributed by atoms with E-state index in [1.54, 1.807) is 0 Å². The Morgan fingerprint density at radius 3 is 2.62 bits per heavy atom. The topological polar surface area (TPSA) is 55.1 Å². The van der Waals surface area contributed by atoms with E-state index in [9.17, 15) is 4.79 Å². The molecule has 2 aromatic carbocycles. The van der Waals surface area contributed by atoms with Crippen molar-refractivity contribution in [3.8, 4) is 11.1 Å². The maximum Gasteiger partial charge on any atom is 0.303 e. The van der Waals surface area contributed by atoms with E-state index in [0.717, 1.165) is 28.8 Å². The van der Waals surface area contributed by atoms with E-state index in [4.69, 9.17) is 5.11 Å². The average molecular weight is 320 g/mol. The molecule has 0 amide bonds. The van der Waals surface area contributed by atoms with Crippen molar-refractivity contribution in [2.75, 3.05) is 0 Å². The highest BCUT2D eigenvalue weighted by Gasteiger charge is 2.07. The Bertz CT molecular complexity index is 838. The van der Waals surface area contributed by atoms with E-state index in [2.05, 4.69) is 29.4 Å².